The van der Waals surface area contributed by atoms with Crippen LogP contribution in [0.2, 0.25) is 0 Å². The molecule has 0 aliphatic heterocycles. The summed E-state index contributed by atoms with van der Waals surface area (Å²) in [4.78, 5) is 0. The van der Waals surface area contributed by atoms with Crippen molar-refractivity contribution in [1.29, 1.82) is 0 Å². The van der Waals surface area contributed by atoms with Crippen molar-refractivity contribution < 1.29 is 14.8 Å². The lowest BCUT2D eigenvalue weighted by atomic mass is 9.79. The second-order valence-corrected chi connectivity index (χ2v) is 3.80. The maximum absolute atomic E-state index is 9.10. The summed E-state index contributed by atoms with van der Waals surface area (Å²) in [5, 5.41) is 18.2. The Morgan fingerprint density at radius 2 is 1.93 bits per heavy atom. The Balaban J connectivity index is 3.00. The third kappa shape index (κ3) is 3.57. The van der Waals surface area contributed by atoms with Gasteiger partial charge in [0.15, 0.2) is 0 Å². The van der Waals surface area contributed by atoms with E-state index in [2.05, 4.69) is 0 Å². The topological polar surface area (TPSA) is 49.7 Å². The van der Waals surface area contributed by atoms with E-state index in [-0.39, 0.29) is 6.10 Å². The molecule has 0 bridgehead atoms. The molecule has 0 atom stereocenters. The third-order valence-corrected chi connectivity index (χ3v) is 2.07. The first kappa shape index (κ1) is 12.1. The Labute approximate surface area is 90.9 Å². The van der Waals surface area contributed by atoms with Gasteiger partial charge < -0.3 is 14.8 Å². The fraction of sp³-hybridized carbons (Fsp3) is 0.455. The largest absolute Gasteiger partial charge is 0.491 e. The van der Waals surface area contributed by atoms with Gasteiger partial charge in [0.05, 0.1) is 6.10 Å². The molecule has 0 saturated carbocycles. The molecule has 0 unspecified atom stereocenters. The molecule has 1 aromatic carbocycles. The zero-order chi connectivity index (χ0) is 11.4. The van der Waals surface area contributed by atoms with Gasteiger partial charge in [0.2, 0.25) is 0 Å². The number of aryl methyl sites for hydroxylation is 1. The molecular weight excluding hydrogens is 191 g/mol. The van der Waals surface area contributed by atoms with Gasteiger partial charge in [-0.15, -0.1) is 0 Å². The highest BCUT2D eigenvalue weighted by atomic mass is 16.5. The Morgan fingerprint density at radius 3 is 2.40 bits per heavy atom. The molecule has 0 aromatic heterocycles. The van der Waals surface area contributed by atoms with Crippen LogP contribution in [0.15, 0.2) is 18.2 Å². The molecule has 0 spiro atoms. The van der Waals surface area contributed by atoms with Crippen molar-refractivity contribution in [2.24, 2.45) is 0 Å². The van der Waals surface area contributed by atoms with Crippen molar-refractivity contribution in [3.63, 3.8) is 0 Å². The lowest BCUT2D eigenvalue weighted by molar-refractivity contribution is 0.242. The molecule has 0 radical (unpaired) electrons. The minimum atomic E-state index is -1.44. The fourth-order valence-corrected chi connectivity index (χ4v) is 1.38. The van der Waals surface area contributed by atoms with Crippen molar-refractivity contribution in [2.45, 2.75) is 33.3 Å². The van der Waals surface area contributed by atoms with Crippen molar-refractivity contribution in [2.75, 3.05) is 0 Å². The van der Waals surface area contributed by atoms with Gasteiger partial charge in [0.1, 0.15) is 5.75 Å². The fourth-order valence-electron chi connectivity index (χ4n) is 1.38. The first-order valence-electron chi connectivity index (χ1n) is 5.19. The van der Waals surface area contributed by atoms with Crippen LogP contribution < -0.4 is 10.2 Å². The Hall–Kier alpha value is -0.995. The van der Waals surface area contributed by atoms with E-state index in [1.165, 1.54) is 0 Å². The highest BCUT2D eigenvalue weighted by Crippen LogP contribution is 2.14. The molecule has 1 aromatic rings. The lowest BCUT2D eigenvalue weighted by Crippen LogP contribution is -2.30. The summed E-state index contributed by atoms with van der Waals surface area (Å²) < 4.78 is 5.53. The standard InChI is InChI=1S/C11H17BO3/c1-4-9-5-10(12(13)14)7-11(6-9)15-8(2)3/h5-8,13-14H,4H2,1-3H3. The number of hydrogen-bond acceptors (Lipinski definition) is 3. The van der Waals surface area contributed by atoms with E-state index in [0.717, 1.165) is 12.0 Å². The van der Waals surface area contributed by atoms with E-state index < -0.39 is 7.12 Å². The van der Waals surface area contributed by atoms with Crippen molar-refractivity contribution in [3.8, 4) is 5.75 Å². The van der Waals surface area contributed by atoms with Crippen molar-refractivity contribution in [1.82, 2.24) is 0 Å². The Morgan fingerprint density at radius 1 is 1.27 bits per heavy atom. The molecule has 82 valence electrons. The van der Waals surface area contributed by atoms with Gasteiger partial charge in [0.25, 0.3) is 0 Å². The maximum Gasteiger partial charge on any atom is 0.488 e. The first-order chi connectivity index (χ1) is 7.02. The van der Waals surface area contributed by atoms with Crippen LogP contribution >= 0.6 is 0 Å². The van der Waals surface area contributed by atoms with Gasteiger partial charge in [0, 0.05) is 0 Å². The second kappa shape index (κ2) is 5.19. The molecule has 15 heavy (non-hydrogen) atoms. The molecule has 0 aliphatic carbocycles. The van der Waals surface area contributed by atoms with Crippen LogP contribution in [-0.4, -0.2) is 23.3 Å². The van der Waals surface area contributed by atoms with Gasteiger partial charge >= 0.3 is 7.12 Å². The summed E-state index contributed by atoms with van der Waals surface area (Å²) in [6.07, 6.45) is 0.926. The monoisotopic (exact) mass is 208 g/mol. The Bertz CT molecular complexity index is 324. The molecule has 0 aliphatic rings. The van der Waals surface area contributed by atoms with Crippen LogP contribution in [0, 0.1) is 0 Å². The van der Waals surface area contributed by atoms with Gasteiger partial charge in [-0.1, -0.05) is 13.0 Å². The summed E-state index contributed by atoms with van der Waals surface area (Å²) in [5.74, 6) is 0.687. The lowest BCUT2D eigenvalue weighted by Gasteiger charge is -2.12. The smallest absolute Gasteiger partial charge is 0.488 e. The first-order valence-corrected chi connectivity index (χ1v) is 5.19. The van der Waals surface area contributed by atoms with E-state index in [0.29, 0.717) is 11.2 Å². The van der Waals surface area contributed by atoms with E-state index in [1.54, 1.807) is 12.1 Å². The van der Waals surface area contributed by atoms with E-state index in [9.17, 15) is 0 Å². The van der Waals surface area contributed by atoms with E-state index >= 15 is 0 Å². The number of hydrogen-bond donors (Lipinski definition) is 2. The van der Waals surface area contributed by atoms with Gasteiger partial charge in [-0.25, -0.2) is 0 Å². The molecule has 1 rings (SSSR count). The number of ether oxygens (including phenoxy) is 1. The molecule has 0 heterocycles. The molecular formula is C11H17BO3. The highest BCUT2D eigenvalue weighted by molar-refractivity contribution is 6.58. The van der Waals surface area contributed by atoms with Crippen molar-refractivity contribution >= 4 is 12.6 Å². The van der Waals surface area contributed by atoms with Crippen LogP contribution in [0.25, 0.3) is 0 Å². The van der Waals surface area contributed by atoms with Gasteiger partial charge in [-0.05, 0) is 43.4 Å². The molecule has 2 N–H and O–H groups in total. The van der Waals surface area contributed by atoms with Crippen LogP contribution in [0.1, 0.15) is 26.3 Å². The maximum atomic E-state index is 9.10. The Kier molecular flexibility index (Phi) is 4.18. The third-order valence-electron chi connectivity index (χ3n) is 2.07. The number of rotatable bonds is 4. The predicted octanol–water partition coefficient (Wildman–Crippen LogP) is 0.716. The van der Waals surface area contributed by atoms with Crippen LogP contribution in [-0.2, 0) is 6.42 Å². The molecule has 4 heteroatoms. The second-order valence-electron chi connectivity index (χ2n) is 3.80. The summed E-state index contributed by atoms with van der Waals surface area (Å²) in [7, 11) is -1.44. The minimum absolute atomic E-state index is 0.0841. The van der Waals surface area contributed by atoms with Crippen molar-refractivity contribution in [3.05, 3.63) is 23.8 Å². The average Bonchev–Trinajstić information content (AvgIpc) is 2.16. The average molecular weight is 208 g/mol. The van der Waals surface area contributed by atoms with E-state index in [1.807, 2.05) is 26.8 Å². The van der Waals surface area contributed by atoms with Crippen LogP contribution in [0.4, 0.5) is 0 Å². The minimum Gasteiger partial charge on any atom is -0.491 e. The number of benzene rings is 1. The summed E-state index contributed by atoms with van der Waals surface area (Å²) in [6, 6.07) is 5.35. The molecule has 0 amide bonds. The van der Waals surface area contributed by atoms with E-state index in [4.69, 9.17) is 14.8 Å². The predicted molar refractivity (Wildman–Crippen MR) is 61.4 cm³/mol. The quantitative estimate of drug-likeness (QED) is 0.716. The SMILES string of the molecule is CCc1cc(OC(C)C)cc(B(O)O)c1. The van der Waals surface area contributed by atoms with Gasteiger partial charge in [-0.2, -0.15) is 0 Å². The highest BCUT2D eigenvalue weighted by Gasteiger charge is 2.13. The molecule has 0 saturated heterocycles. The van der Waals surface area contributed by atoms with Gasteiger partial charge in [-0.3, -0.25) is 0 Å². The summed E-state index contributed by atoms with van der Waals surface area (Å²) in [6.45, 7) is 5.89. The normalized spacial score (nSPS) is 10.5. The summed E-state index contributed by atoms with van der Waals surface area (Å²) >= 11 is 0. The van der Waals surface area contributed by atoms with Crippen LogP contribution in [0.5, 0.6) is 5.75 Å². The zero-order valence-electron chi connectivity index (χ0n) is 9.40. The summed E-state index contributed by atoms with van der Waals surface area (Å²) in [5.41, 5.74) is 1.52. The molecule has 3 nitrogen and oxygen atoms in total. The zero-order valence-corrected chi connectivity index (χ0v) is 9.40. The van der Waals surface area contributed by atoms with Crippen LogP contribution in [0.3, 0.4) is 0 Å². The molecule has 0 fully saturated rings.